The molecule has 3 aromatic rings. The predicted molar refractivity (Wildman–Crippen MR) is 159 cm³/mol. The van der Waals surface area contributed by atoms with Crippen LogP contribution in [0.5, 0.6) is 5.88 Å². The van der Waals surface area contributed by atoms with E-state index in [1.54, 1.807) is 19.3 Å². The summed E-state index contributed by atoms with van der Waals surface area (Å²) in [4.78, 5) is 23.6. The molecule has 0 bridgehead atoms. The van der Waals surface area contributed by atoms with E-state index in [0.717, 1.165) is 37.1 Å². The molecule has 0 unspecified atom stereocenters. The first-order valence-electron chi connectivity index (χ1n) is 14.2. The summed E-state index contributed by atoms with van der Waals surface area (Å²) >= 11 is 0. The Morgan fingerprint density at radius 1 is 1.12 bits per heavy atom. The number of aryl methyl sites for hydroxylation is 2. The first-order valence-corrected chi connectivity index (χ1v) is 14.2. The molecule has 0 spiro atoms. The second-order valence-corrected chi connectivity index (χ2v) is 12.7. The molecule has 7 nitrogen and oxygen atoms in total. The maximum absolute atomic E-state index is 15.4. The van der Waals surface area contributed by atoms with Gasteiger partial charge in [-0.25, -0.2) is 14.2 Å². The van der Waals surface area contributed by atoms with Gasteiger partial charge in [0, 0.05) is 54.3 Å². The Morgan fingerprint density at radius 2 is 1.83 bits per heavy atom. The number of carboxylic acid groups (broad SMARTS) is 1. The summed E-state index contributed by atoms with van der Waals surface area (Å²) in [6, 6.07) is 9.51. The Balaban J connectivity index is 1.72. The van der Waals surface area contributed by atoms with Crippen LogP contribution in [0.25, 0.3) is 11.1 Å². The highest BCUT2D eigenvalue weighted by atomic mass is 19.1. The third-order valence-corrected chi connectivity index (χ3v) is 7.51. The van der Waals surface area contributed by atoms with Crippen LogP contribution in [0.3, 0.4) is 0 Å². The van der Waals surface area contributed by atoms with E-state index in [4.69, 9.17) is 9.47 Å². The number of ether oxygens (including phenoxy) is 2. The van der Waals surface area contributed by atoms with Crippen molar-refractivity contribution in [2.75, 3.05) is 24.6 Å². The predicted octanol–water partition coefficient (Wildman–Crippen LogP) is 7.09. The Morgan fingerprint density at radius 3 is 2.44 bits per heavy atom. The average molecular weight is 564 g/mol. The zero-order valence-electron chi connectivity index (χ0n) is 25.3. The van der Waals surface area contributed by atoms with Gasteiger partial charge in [0.05, 0.1) is 17.9 Å². The van der Waals surface area contributed by atoms with Crippen molar-refractivity contribution >= 4 is 11.7 Å². The number of anilines is 1. The lowest BCUT2D eigenvalue weighted by molar-refractivity contribution is -0.160. The summed E-state index contributed by atoms with van der Waals surface area (Å²) in [7, 11) is 0. The largest absolute Gasteiger partial charge is 0.479 e. The van der Waals surface area contributed by atoms with Crippen molar-refractivity contribution in [1.82, 2.24) is 9.97 Å². The molecule has 1 saturated heterocycles. The summed E-state index contributed by atoms with van der Waals surface area (Å²) < 4.78 is 27.1. The van der Waals surface area contributed by atoms with E-state index in [0.29, 0.717) is 41.1 Å². The van der Waals surface area contributed by atoms with Crippen molar-refractivity contribution in [3.8, 4) is 17.0 Å². The summed E-state index contributed by atoms with van der Waals surface area (Å²) in [5, 5.41) is 10.3. The number of benzene rings is 1. The minimum atomic E-state index is -1.24. The van der Waals surface area contributed by atoms with Crippen molar-refractivity contribution in [1.29, 1.82) is 0 Å². The molecule has 1 aromatic carbocycles. The van der Waals surface area contributed by atoms with E-state index in [-0.39, 0.29) is 11.3 Å². The van der Waals surface area contributed by atoms with Crippen LogP contribution in [0.2, 0.25) is 0 Å². The van der Waals surface area contributed by atoms with E-state index in [2.05, 4.69) is 34.8 Å². The van der Waals surface area contributed by atoms with Gasteiger partial charge in [-0.1, -0.05) is 43.7 Å². The van der Waals surface area contributed by atoms with Gasteiger partial charge in [-0.2, -0.15) is 0 Å². The fourth-order valence-electron chi connectivity index (χ4n) is 5.21. The Bertz CT molecular complexity index is 1390. The number of carbonyl (C=O) groups is 1. The summed E-state index contributed by atoms with van der Waals surface area (Å²) in [5.41, 5.74) is 4.62. The SMILES string of the molecule is Cc1cccc(CCOc2ncc(-c3cnc(C)c([C@H](OC(C)(C)C)C(=O)O)c3N3CCC(C)(C)CC3)cc2F)c1. The van der Waals surface area contributed by atoms with Crippen molar-refractivity contribution in [2.45, 2.75) is 79.4 Å². The van der Waals surface area contributed by atoms with Crippen LogP contribution in [0.4, 0.5) is 10.1 Å². The fourth-order valence-corrected chi connectivity index (χ4v) is 5.21. The summed E-state index contributed by atoms with van der Waals surface area (Å²) in [5.74, 6) is -1.75. The number of nitrogens with zero attached hydrogens (tertiary/aromatic N) is 3. The molecule has 0 aliphatic carbocycles. The number of hydrogen-bond donors (Lipinski definition) is 1. The second-order valence-electron chi connectivity index (χ2n) is 12.7. The van der Waals surface area contributed by atoms with Crippen LogP contribution in [0, 0.1) is 25.1 Å². The molecule has 3 heterocycles. The molecule has 1 aliphatic rings. The highest BCUT2D eigenvalue weighted by molar-refractivity contribution is 5.86. The number of halogens is 1. The number of aliphatic carboxylic acids is 1. The topological polar surface area (TPSA) is 84.8 Å². The van der Waals surface area contributed by atoms with Gasteiger partial charge in [0.1, 0.15) is 0 Å². The molecule has 4 rings (SSSR count). The fraction of sp³-hybridized carbons (Fsp3) is 0.485. The number of aromatic nitrogens is 2. The molecule has 0 saturated carbocycles. The van der Waals surface area contributed by atoms with Crippen LogP contribution >= 0.6 is 0 Å². The molecule has 0 radical (unpaired) electrons. The highest BCUT2D eigenvalue weighted by Gasteiger charge is 2.36. The maximum Gasteiger partial charge on any atom is 0.337 e. The second kappa shape index (κ2) is 12.1. The number of pyridine rings is 2. The van der Waals surface area contributed by atoms with E-state index in [9.17, 15) is 9.90 Å². The van der Waals surface area contributed by atoms with Crippen molar-refractivity contribution in [3.05, 3.63) is 70.9 Å². The van der Waals surface area contributed by atoms with Crippen LogP contribution in [-0.4, -0.2) is 46.3 Å². The van der Waals surface area contributed by atoms with Gasteiger partial charge in [-0.3, -0.25) is 4.98 Å². The number of carboxylic acids is 1. The molecule has 1 atom stereocenters. The van der Waals surface area contributed by atoms with E-state index >= 15 is 4.39 Å². The normalized spacial score (nSPS) is 16.0. The molecular weight excluding hydrogens is 521 g/mol. The molecule has 8 heteroatoms. The van der Waals surface area contributed by atoms with Gasteiger partial charge in [0.25, 0.3) is 0 Å². The van der Waals surface area contributed by atoms with Crippen LogP contribution in [0.1, 0.15) is 75.9 Å². The number of rotatable bonds is 9. The van der Waals surface area contributed by atoms with Gasteiger partial charge in [0.15, 0.2) is 11.9 Å². The first-order chi connectivity index (χ1) is 19.2. The monoisotopic (exact) mass is 563 g/mol. The van der Waals surface area contributed by atoms with Gasteiger partial charge < -0.3 is 19.5 Å². The Kier molecular flexibility index (Phi) is 9.02. The van der Waals surface area contributed by atoms with Crippen LogP contribution < -0.4 is 9.64 Å². The minimum Gasteiger partial charge on any atom is -0.479 e. The van der Waals surface area contributed by atoms with Gasteiger partial charge in [-0.05, 0) is 64.5 Å². The van der Waals surface area contributed by atoms with Crippen molar-refractivity contribution in [2.24, 2.45) is 5.41 Å². The molecule has 220 valence electrons. The van der Waals surface area contributed by atoms with Crippen molar-refractivity contribution in [3.63, 3.8) is 0 Å². The third kappa shape index (κ3) is 7.61. The summed E-state index contributed by atoms with van der Waals surface area (Å²) in [6.45, 7) is 15.5. The third-order valence-electron chi connectivity index (χ3n) is 7.51. The van der Waals surface area contributed by atoms with E-state index in [1.165, 1.54) is 6.07 Å². The molecule has 0 amide bonds. The molecule has 1 aliphatic heterocycles. The Labute approximate surface area is 242 Å². The van der Waals surface area contributed by atoms with Gasteiger partial charge in [-0.15, -0.1) is 0 Å². The minimum absolute atomic E-state index is 0.0672. The van der Waals surface area contributed by atoms with Gasteiger partial charge in [0.2, 0.25) is 5.88 Å². The smallest absolute Gasteiger partial charge is 0.337 e. The zero-order valence-corrected chi connectivity index (χ0v) is 25.3. The molecule has 1 fully saturated rings. The van der Waals surface area contributed by atoms with E-state index in [1.807, 2.05) is 45.9 Å². The zero-order chi connectivity index (χ0) is 29.9. The molecule has 1 N–H and O–H groups in total. The lowest BCUT2D eigenvalue weighted by Gasteiger charge is -2.40. The van der Waals surface area contributed by atoms with Gasteiger partial charge >= 0.3 is 5.97 Å². The molecule has 2 aromatic heterocycles. The highest BCUT2D eigenvalue weighted by Crippen LogP contribution is 2.43. The quantitative estimate of drug-likeness (QED) is 0.298. The lowest BCUT2D eigenvalue weighted by atomic mass is 9.82. The summed E-state index contributed by atoms with van der Waals surface area (Å²) in [6.07, 6.45) is 4.51. The average Bonchev–Trinajstić information content (AvgIpc) is 2.88. The van der Waals surface area contributed by atoms with Crippen LogP contribution in [-0.2, 0) is 16.0 Å². The van der Waals surface area contributed by atoms with Crippen molar-refractivity contribution < 1.29 is 23.8 Å². The van der Waals surface area contributed by atoms with Crippen LogP contribution in [0.15, 0.2) is 42.7 Å². The Hall–Kier alpha value is -3.52. The molecular formula is C33H42FN3O4. The first kappa shape index (κ1) is 30.4. The number of piperidine rings is 1. The van der Waals surface area contributed by atoms with E-state index < -0.39 is 23.5 Å². The maximum atomic E-state index is 15.4. The standard InChI is InChI=1S/C33H42FN3O4/c1-21-9-8-10-23(17-21)11-16-40-30-26(34)18-24(19-36-30)25-20-35-22(2)27(29(31(38)39)41-32(3,4)5)28(25)37-14-12-33(6,7)13-15-37/h8-10,17-20,29H,11-16H2,1-7H3,(H,38,39)/t29-/m0/s1. The number of hydrogen-bond acceptors (Lipinski definition) is 6. The lowest BCUT2D eigenvalue weighted by Crippen LogP contribution is -2.39. The molecule has 41 heavy (non-hydrogen) atoms.